The highest BCUT2D eigenvalue weighted by molar-refractivity contribution is 5.94. The average molecular weight is 359 g/mol. The van der Waals surface area contributed by atoms with E-state index < -0.39 is 17.6 Å². The van der Waals surface area contributed by atoms with Crippen LogP contribution >= 0.6 is 0 Å². The van der Waals surface area contributed by atoms with Gasteiger partial charge in [0.05, 0.1) is 12.1 Å². The molecule has 1 amide bonds. The molecule has 4 nitrogen and oxygen atoms in total. The van der Waals surface area contributed by atoms with Crippen molar-refractivity contribution < 1.29 is 18.0 Å². The summed E-state index contributed by atoms with van der Waals surface area (Å²) >= 11 is 0. The van der Waals surface area contributed by atoms with E-state index in [1.165, 1.54) is 12.1 Å². The van der Waals surface area contributed by atoms with E-state index in [0.717, 1.165) is 23.3 Å². The van der Waals surface area contributed by atoms with Crippen molar-refractivity contribution in [1.82, 2.24) is 15.1 Å². The van der Waals surface area contributed by atoms with E-state index in [1.54, 1.807) is 10.9 Å². The second-order valence-corrected chi connectivity index (χ2v) is 5.78. The van der Waals surface area contributed by atoms with Crippen LogP contribution in [0.25, 0.3) is 0 Å². The third-order valence-electron chi connectivity index (χ3n) is 3.83. The zero-order valence-electron chi connectivity index (χ0n) is 13.7. The molecule has 0 bridgehead atoms. The molecule has 3 aromatic rings. The van der Waals surface area contributed by atoms with Crippen molar-refractivity contribution in [3.63, 3.8) is 0 Å². The molecule has 0 unspecified atom stereocenters. The topological polar surface area (TPSA) is 46.9 Å². The van der Waals surface area contributed by atoms with Gasteiger partial charge >= 0.3 is 6.18 Å². The molecule has 7 heteroatoms. The van der Waals surface area contributed by atoms with Crippen LogP contribution in [0.15, 0.2) is 67.0 Å². The maximum absolute atomic E-state index is 12.7. The molecule has 3 rings (SSSR count). The van der Waals surface area contributed by atoms with Crippen molar-refractivity contribution in [2.75, 3.05) is 0 Å². The SMILES string of the molecule is O=C(NCc1ccc(Cn2cccn2)cc1)c1cccc(C(F)(F)F)c1. The molecule has 0 aliphatic heterocycles. The van der Waals surface area contributed by atoms with Gasteiger partial charge in [-0.1, -0.05) is 30.3 Å². The maximum Gasteiger partial charge on any atom is 0.416 e. The van der Waals surface area contributed by atoms with Gasteiger partial charge < -0.3 is 5.32 Å². The van der Waals surface area contributed by atoms with E-state index in [9.17, 15) is 18.0 Å². The molecule has 1 heterocycles. The summed E-state index contributed by atoms with van der Waals surface area (Å²) in [6.45, 7) is 0.876. The molecule has 0 radical (unpaired) electrons. The van der Waals surface area contributed by atoms with E-state index >= 15 is 0 Å². The highest BCUT2D eigenvalue weighted by Crippen LogP contribution is 2.29. The number of aromatic nitrogens is 2. The summed E-state index contributed by atoms with van der Waals surface area (Å²) in [5.74, 6) is -0.545. The number of amides is 1. The Morgan fingerprint density at radius 3 is 2.42 bits per heavy atom. The lowest BCUT2D eigenvalue weighted by molar-refractivity contribution is -0.137. The molecule has 0 aliphatic carbocycles. The van der Waals surface area contributed by atoms with Crippen LogP contribution in [-0.2, 0) is 19.3 Å². The van der Waals surface area contributed by atoms with Crippen molar-refractivity contribution in [1.29, 1.82) is 0 Å². The molecular weight excluding hydrogens is 343 g/mol. The van der Waals surface area contributed by atoms with Crippen LogP contribution in [0, 0.1) is 0 Å². The smallest absolute Gasteiger partial charge is 0.348 e. The minimum atomic E-state index is -4.47. The fourth-order valence-electron chi connectivity index (χ4n) is 2.46. The molecule has 0 saturated carbocycles. The summed E-state index contributed by atoms with van der Waals surface area (Å²) < 4.78 is 39.9. The third kappa shape index (κ3) is 4.50. The maximum atomic E-state index is 12.7. The number of nitrogens with one attached hydrogen (secondary N) is 1. The number of alkyl halides is 3. The first-order chi connectivity index (χ1) is 12.4. The Bertz CT molecular complexity index is 872. The van der Waals surface area contributed by atoms with Crippen molar-refractivity contribution in [3.05, 3.63) is 89.2 Å². The molecule has 1 aromatic heterocycles. The number of hydrogen-bond donors (Lipinski definition) is 1. The predicted molar refractivity (Wildman–Crippen MR) is 90.4 cm³/mol. The summed E-state index contributed by atoms with van der Waals surface area (Å²) in [5, 5.41) is 6.77. The first-order valence-electron chi connectivity index (χ1n) is 7.92. The first-order valence-corrected chi connectivity index (χ1v) is 7.92. The van der Waals surface area contributed by atoms with Crippen LogP contribution in [0.3, 0.4) is 0 Å². The van der Waals surface area contributed by atoms with Crippen LogP contribution in [0.5, 0.6) is 0 Å². The van der Waals surface area contributed by atoms with Crippen LogP contribution < -0.4 is 5.32 Å². The largest absolute Gasteiger partial charge is 0.416 e. The van der Waals surface area contributed by atoms with Crippen LogP contribution in [0.1, 0.15) is 27.0 Å². The highest BCUT2D eigenvalue weighted by Gasteiger charge is 2.30. The lowest BCUT2D eigenvalue weighted by Crippen LogP contribution is -2.23. The molecule has 134 valence electrons. The Morgan fingerprint density at radius 2 is 1.77 bits per heavy atom. The summed E-state index contributed by atoms with van der Waals surface area (Å²) in [5.41, 5.74) is 1.06. The van der Waals surface area contributed by atoms with Crippen LogP contribution in [0.4, 0.5) is 13.2 Å². The normalized spacial score (nSPS) is 11.3. The van der Waals surface area contributed by atoms with Crippen molar-refractivity contribution >= 4 is 5.91 Å². The zero-order valence-corrected chi connectivity index (χ0v) is 13.7. The van der Waals surface area contributed by atoms with Gasteiger partial charge in [0.15, 0.2) is 0 Å². The number of carbonyl (C=O) groups is 1. The summed E-state index contributed by atoms with van der Waals surface area (Å²) in [4.78, 5) is 12.1. The second-order valence-electron chi connectivity index (χ2n) is 5.78. The van der Waals surface area contributed by atoms with Gasteiger partial charge in [0, 0.05) is 24.5 Å². The monoisotopic (exact) mass is 359 g/mol. The molecule has 0 atom stereocenters. The van der Waals surface area contributed by atoms with Crippen LogP contribution in [-0.4, -0.2) is 15.7 Å². The summed E-state index contributed by atoms with van der Waals surface area (Å²) in [6.07, 6.45) is -0.901. The quantitative estimate of drug-likeness (QED) is 0.752. The lowest BCUT2D eigenvalue weighted by atomic mass is 10.1. The molecule has 0 aliphatic rings. The van der Waals surface area contributed by atoms with E-state index in [4.69, 9.17) is 0 Å². The van der Waals surface area contributed by atoms with Gasteiger partial charge in [-0.2, -0.15) is 18.3 Å². The third-order valence-corrected chi connectivity index (χ3v) is 3.83. The molecule has 1 N–H and O–H groups in total. The number of carbonyl (C=O) groups excluding carboxylic acids is 1. The standard InChI is InChI=1S/C19H16F3N3O/c20-19(21,22)17-4-1-3-16(11-17)18(26)23-12-14-5-7-15(8-6-14)13-25-10-2-9-24-25/h1-11H,12-13H2,(H,23,26). The van der Waals surface area contributed by atoms with Gasteiger partial charge in [0.1, 0.15) is 0 Å². The van der Waals surface area contributed by atoms with Crippen LogP contribution in [0.2, 0.25) is 0 Å². The van der Waals surface area contributed by atoms with E-state index in [-0.39, 0.29) is 12.1 Å². The van der Waals surface area contributed by atoms with Gasteiger partial charge in [-0.25, -0.2) is 0 Å². The molecule has 0 spiro atoms. The number of nitrogens with zero attached hydrogens (tertiary/aromatic N) is 2. The van der Waals surface area contributed by atoms with Gasteiger partial charge in [0.25, 0.3) is 5.91 Å². The Kier molecular flexibility index (Phi) is 5.06. The highest BCUT2D eigenvalue weighted by atomic mass is 19.4. The van der Waals surface area contributed by atoms with E-state index in [2.05, 4.69) is 10.4 Å². The fourth-order valence-corrected chi connectivity index (χ4v) is 2.46. The Labute approximate surface area is 148 Å². The number of halogens is 3. The second kappa shape index (κ2) is 7.43. The van der Waals surface area contributed by atoms with Gasteiger partial charge in [-0.05, 0) is 35.4 Å². The Morgan fingerprint density at radius 1 is 1.04 bits per heavy atom. The first kappa shape index (κ1) is 17.7. The fraction of sp³-hybridized carbons (Fsp3) is 0.158. The molecule has 26 heavy (non-hydrogen) atoms. The van der Waals surface area contributed by atoms with Crippen molar-refractivity contribution in [2.45, 2.75) is 19.3 Å². The number of benzene rings is 2. The molecule has 2 aromatic carbocycles. The van der Waals surface area contributed by atoms with Gasteiger partial charge in [0.2, 0.25) is 0 Å². The van der Waals surface area contributed by atoms with E-state index in [1.807, 2.05) is 36.5 Å². The lowest BCUT2D eigenvalue weighted by Gasteiger charge is -2.10. The molecule has 0 saturated heterocycles. The van der Waals surface area contributed by atoms with Crippen molar-refractivity contribution in [2.24, 2.45) is 0 Å². The van der Waals surface area contributed by atoms with Gasteiger partial charge in [-0.3, -0.25) is 9.48 Å². The molecular formula is C19H16F3N3O. The average Bonchev–Trinajstić information content (AvgIpc) is 3.13. The number of hydrogen-bond acceptors (Lipinski definition) is 2. The van der Waals surface area contributed by atoms with Gasteiger partial charge in [-0.15, -0.1) is 0 Å². The number of rotatable bonds is 5. The molecule has 0 fully saturated rings. The Balaban J connectivity index is 1.59. The summed E-state index contributed by atoms with van der Waals surface area (Å²) in [6, 6.07) is 13.8. The summed E-state index contributed by atoms with van der Waals surface area (Å²) in [7, 11) is 0. The van der Waals surface area contributed by atoms with E-state index in [0.29, 0.717) is 6.54 Å². The predicted octanol–water partition coefficient (Wildman–Crippen LogP) is 3.88. The zero-order chi connectivity index (χ0) is 18.6. The minimum Gasteiger partial charge on any atom is -0.348 e. The Hall–Kier alpha value is -3.09. The minimum absolute atomic E-state index is 0.0184. The van der Waals surface area contributed by atoms with Crippen molar-refractivity contribution in [3.8, 4) is 0 Å².